The normalized spacial score (nSPS) is 12.5. The number of aryl methyl sites for hydroxylation is 2. The molecule has 0 atom stereocenters. The highest BCUT2D eigenvalue weighted by Crippen LogP contribution is 2.42. The minimum atomic E-state index is -3.12. The van der Waals surface area contributed by atoms with Crippen LogP contribution in [-0.4, -0.2) is 0 Å². The van der Waals surface area contributed by atoms with Crippen LogP contribution < -0.4 is 20.7 Å². The fraction of sp³-hybridized carbons (Fsp3) is 0.130. The van der Waals surface area contributed by atoms with Crippen LogP contribution in [0.4, 0.5) is 8.78 Å². The van der Waals surface area contributed by atoms with E-state index in [1.165, 1.54) is 12.1 Å². The van der Waals surface area contributed by atoms with E-state index in [1.54, 1.807) is 12.1 Å². The number of rotatable bonds is 5. The first-order valence-electron chi connectivity index (χ1n) is 8.85. The summed E-state index contributed by atoms with van der Waals surface area (Å²) >= 11 is 0. The smallest absolute Gasteiger partial charge is 0.309 e. The van der Waals surface area contributed by atoms with Crippen molar-refractivity contribution in [1.82, 2.24) is 0 Å². The van der Waals surface area contributed by atoms with Gasteiger partial charge in [-0.05, 0) is 45.0 Å². The molecule has 0 unspecified atom stereocenters. The second-order valence-electron chi connectivity index (χ2n) is 6.68. The van der Waals surface area contributed by atoms with Gasteiger partial charge in [-0.25, -0.2) is 4.39 Å². The van der Waals surface area contributed by atoms with E-state index in [0.717, 1.165) is 18.1 Å². The number of halogens is 2. The molecule has 0 saturated carbocycles. The summed E-state index contributed by atoms with van der Waals surface area (Å²) in [6.45, 7) is 4.93. The van der Waals surface area contributed by atoms with E-state index in [2.05, 4.69) is 0 Å². The third-order valence-corrected chi connectivity index (χ3v) is 7.55. The van der Waals surface area contributed by atoms with Crippen molar-refractivity contribution in [1.29, 1.82) is 0 Å². The minimum absolute atomic E-state index is 0.137. The van der Waals surface area contributed by atoms with E-state index in [4.69, 9.17) is 4.74 Å². The number of allylic oxidation sites excluding steroid dienone is 1. The van der Waals surface area contributed by atoms with Crippen LogP contribution in [0.1, 0.15) is 18.1 Å². The zero-order chi connectivity index (χ0) is 20.3. The molecule has 3 aromatic carbocycles. The highest BCUT2D eigenvalue weighted by Gasteiger charge is 2.29. The number of ether oxygens (including phenoxy) is 1. The molecule has 0 heterocycles. The number of hydrogen-bond acceptors (Lipinski definition) is 2. The van der Waals surface area contributed by atoms with E-state index in [9.17, 15) is 13.3 Å². The van der Waals surface area contributed by atoms with Crippen molar-refractivity contribution >= 4 is 23.1 Å². The summed E-state index contributed by atoms with van der Waals surface area (Å²) in [5, 5.41) is 2.01. The van der Waals surface area contributed by atoms with Gasteiger partial charge in [0.25, 0.3) is 0 Å². The van der Waals surface area contributed by atoms with Gasteiger partial charge in [0.2, 0.25) is 0 Å². The third-order valence-electron chi connectivity index (χ3n) is 4.47. The third kappa shape index (κ3) is 4.07. The zero-order valence-corrected chi connectivity index (χ0v) is 16.8. The Morgan fingerprint density at radius 1 is 0.714 bits per heavy atom. The molecule has 2 nitrogen and oxygen atoms in total. The molecular formula is C23H21F2O2P. The van der Waals surface area contributed by atoms with Gasteiger partial charge >= 0.3 is 6.01 Å². The molecule has 3 rings (SSSR count). The minimum Gasteiger partial charge on any atom is -0.430 e. The molecule has 0 N–H and O–H groups in total. The van der Waals surface area contributed by atoms with E-state index >= 15 is 0 Å². The molecule has 0 saturated heterocycles. The highest BCUT2D eigenvalue weighted by atomic mass is 31.2. The number of benzene rings is 3. The molecule has 0 aliphatic carbocycles. The quantitative estimate of drug-likeness (QED) is 0.422. The van der Waals surface area contributed by atoms with E-state index in [-0.39, 0.29) is 5.75 Å². The van der Waals surface area contributed by atoms with Gasteiger partial charge in [-0.3, -0.25) is 0 Å². The fourth-order valence-corrected chi connectivity index (χ4v) is 5.46. The molecule has 3 aromatic rings. The molecule has 0 aliphatic heterocycles. The molecular weight excluding hydrogens is 377 g/mol. The Morgan fingerprint density at radius 3 is 1.43 bits per heavy atom. The highest BCUT2D eigenvalue weighted by molar-refractivity contribution is 7.85. The summed E-state index contributed by atoms with van der Waals surface area (Å²) in [7, 11) is -3.12. The maximum atomic E-state index is 14.3. The summed E-state index contributed by atoms with van der Waals surface area (Å²) in [5.41, 5.74) is 2.15. The first kappa shape index (κ1) is 20.0. The van der Waals surface area contributed by atoms with Crippen LogP contribution in [0, 0.1) is 13.8 Å². The maximum absolute atomic E-state index is 14.3. The van der Waals surface area contributed by atoms with Crippen molar-refractivity contribution in [3.63, 3.8) is 0 Å². The van der Waals surface area contributed by atoms with Crippen LogP contribution in [0.5, 0.6) is 5.75 Å². The average molecular weight is 398 g/mol. The van der Waals surface area contributed by atoms with Crippen LogP contribution in [0.2, 0.25) is 0 Å². The van der Waals surface area contributed by atoms with Crippen LogP contribution in [-0.2, 0) is 4.57 Å². The summed E-state index contributed by atoms with van der Waals surface area (Å²) in [6, 6.07) is 20.2. The lowest BCUT2D eigenvalue weighted by Gasteiger charge is -2.20. The fourth-order valence-electron chi connectivity index (χ4n) is 2.85. The molecule has 5 heteroatoms. The lowest BCUT2D eigenvalue weighted by atomic mass is 10.2. The summed E-state index contributed by atoms with van der Waals surface area (Å²) < 4.78 is 45.4. The van der Waals surface area contributed by atoms with Gasteiger partial charge in [-0.2, -0.15) is 4.39 Å². The van der Waals surface area contributed by atoms with Crippen molar-refractivity contribution in [3.05, 3.63) is 95.8 Å². The molecule has 0 spiro atoms. The van der Waals surface area contributed by atoms with Crippen molar-refractivity contribution in [2.24, 2.45) is 0 Å². The van der Waals surface area contributed by atoms with Gasteiger partial charge < -0.3 is 9.30 Å². The Hall–Kier alpha value is -2.71. The predicted molar refractivity (Wildman–Crippen MR) is 111 cm³/mol. The van der Waals surface area contributed by atoms with Crippen LogP contribution >= 0.6 is 7.14 Å². The van der Waals surface area contributed by atoms with Crippen LogP contribution in [0.3, 0.4) is 0 Å². The summed E-state index contributed by atoms with van der Waals surface area (Å²) in [5.74, 6) is -0.897. The summed E-state index contributed by atoms with van der Waals surface area (Å²) in [6.07, 6.45) is 0. The Labute approximate surface area is 163 Å². The van der Waals surface area contributed by atoms with E-state index < -0.39 is 19.0 Å². The molecule has 0 amide bonds. The molecule has 0 bridgehead atoms. The van der Waals surface area contributed by atoms with Gasteiger partial charge in [0, 0.05) is 15.9 Å². The number of hydrogen-bond donors (Lipinski definition) is 0. The lowest BCUT2D eigenvalue weighted by Crippen LogP contribution is -2.25. The van der Waals surface area contributed by atoms with Gasteiger partial charge in [0.1, 0.15) is 5.75 Å². The van der Waals surface area contributed by atoms with Crippen molar-refractivity contribution in [2.75, 3.05) is 0 Å². The average Bonchev–Trinajstić information content (AvgIpc) is 2.69. The molecule has 144 valence electrons. The Balaban J connectivity index is 2.09. The standard InChI is InChI=1S/C23H21F2O2P/c1-16-4-10-20(11-5-16)28(26,21-12-6-17(2)7-13-21)22-14-8-19(9-15-22)27-23(25)18(3)24/h4-15H,1-3H3. The van der Waals surface area contributed by atoms with E-state index in [0.29, 0.717) is 15.9 Å². The van der Waals surface area contributed by atoms with E-state index in [1.807, 2.05) is 62.4 Å². The van der Waals surface area contributed by atoms with Crippen molar-refractivity contribution < 1.29 is 18.1 Å². The van der Waals surface area contributed by atoms with Gasteiger partial charge in [0.15, 0.2) is 13.0 Å². The maximum Gasteiger partial charge on any atom is 0.309 e. The predicted octanol–water partition coefficient (Wildman–Crippen LogP) is 5.45. The summed E-state index contributed by atoms with van der Waals surface area (Å²) in [4.78, 5) is 0. The van der Waals surface area contributed by atoms with Crippen molar-refractivity contribution in [3.8, 4) is 5.75 Å². The molecule has 0 aromatic heterocycles. The first-order chi connectivity index (χ1) is 13.3. The van der Waals surface area contributed by atoms with Gasteiger partial charge in [-0.1, -0.05) is 59.7 Å². The largest absolute Gasteiger partial charge is 0.430 e. The van der Waals surface area contributed by atoms with Gasteiger partial charge in [0.05, 0.1) is 0 Å². The molecule has 0 aliphatic rings. The molecule has 28 heavy (non-hydrogen) atoms. The molecule has 0 fully saturated rings. The molecule has 0 radical (unpaired) electrons. The monoisotopic (exact) mass is 398 g/mol. The first-order valence-corrected chi connectivity index (χ1v) is 10.6. The Morgan fingerprint density at radius 2 is 1.07 bits per heavy atom. The SMILES string of the molecule is CC(F)=C(F)Oc1ccc(P(=O)(c2ccc(C)cc2)c2ccc(C)cc2)cc1. The Kier molecular flexibility index (Phi) is 5.81. The lowest BCUT2D eigenvalue weighted by molar-refractivity contribution is 0.278. The van der Waals surface area contributed by atoms with Crippen LogP contribution in [0.15, 0.2) is 84.6 Å². The second kappa shape index (κ2) is 8.12. The second-order valence-corrected chi connectivity index (χ2v) is 9.45. The van der Waals surface area contributed by atoms with Gasteiger partial charge in [-0.15, -0.1) is 0 Å². The van der Waals surface area contributed by atoms with Crippen LogP contribution in [0.25, 0.3) is 0 Å². The zero-order valence-electron chi connectivity index (χ0n) is 15.9. The van der Waals surface area contributed by atoms with Crippen molar-refractivity contribution in [2.45, 2.75) is 20.8 Å². The Bertz CT molecular complexity index is 984. The topological polar surface area (TPSA) is 26.3 Å².